The zero-order chi connectivity index (χ0) is 20.0. The maximum atomic E-state index is 14.4. The lowest BCUT2D eigenvalue weighted by Gasteiger charge is -2.24. The van der Waals surface area contributed by atoms with Crippen LogP contribution in [0, 0.1) is 18.2 Å². The maximum Gasteiger partial charge on any atom is 0.141 e. The van der Waals surface area contributed by atoms with E-state index in [0.29, 0.717) is 6.61 Å². The molecule has 1 atom stereocenters. The van der Waals surface area contributed by atoms with Gasteiger partial charge in [-0.15, -0.1) is 17.8 Å². The summed E-state index contributed by atoms with van der Waals surface area (Å²) >= 11 is 1.49. The third-order valence-electron chi connectivity index (χ3n) is 5.09. The van der Waals surface area contributed by atoms with Gasteiger partial charge in [0, 0.05) is 15.8 Å². The van der Waals surface area contributed by atoms with Crippen LogP contribution in [0.25, 0.3) is 11.1 Å². The fraction of sp³-hybridized carbons (Fsp3) is 0.280. The minimum Gasteiger partial charge on any atom is -0.494 e. The molecule has 0 bridgehead atoms. The van der Waals surface area contributed by atoms with Crippen LogP contribution in [-0.4, -0.2) is 6.61 Å². The lowest BCUT2D eigenvalue weighted by atomic mass is 9.79. The molecule has 3 rings (SSSR count). The largest absolute Gasteiger partial charge is 0.494 e. The first kappa shape index (κ1) is 20.2. The summed E-state index contributed by atoms with van der Waals surface area (Å²) in [7, 11) is 0. The maximum absolute atomic E-state index is 14.4. The second-order valence-electron chi connectivity index (χ2n) is 7.04. The van der Waals surface area contributed by atoms with Crippen molar-refractivity contribution in [3.63, 3.8) is 0 Å². The van der Waals surface area contributed by atoms with Crippen molar-refractivity contribution in [3.8, 4) is 29.2 Å². The molecule has 0 N–H and O–H groups in total. The number of rotatable bonds is 8. The van der Waals surface area contributed by atoms with E-state index in [1.165, 1.54) is 11.3 Å². The Bertz CT molecular complexity index is 937. The van der Waals surface area contributed by atoms with Crippen LogP contribution in [0.4, 0.5) is 4.39 Å². The molecule has 0 amide bonds. The van der Waals surface area contributed by atoms with E-state index in [1.807, 2.05) is 61.5 Å². The first-order valence-electron chi connectivity index (χ1n) is 9.60. The molecule has 0 saturated carbocycles. The average Bonchev–Trinajstić information content (AvgIpc) is 3.09. The lowest BCUT2D eigenvalue weighted by Crippen LogP contribution is -2.19. The fourth-order valence-electron chi connectivity index (χ4n) is 3.45. The second kappa shape index (κ2) is 9.08. The average molecular weight is 393 g/mol. The smallest absolute Gasteiger partial charge is 0.141 e. The third-order valence-corrected chi connectivity index (χ3v) is 6.10. The van der Waals surface area contributed by atoms with Crippen molar-refractivity contribution in [2.75, 3.05) is 6.61 Å². The summed E-state index contributed by atoms with van der Waals surface area (Å²) in [6.45, 7) is 4.71. The van der Waals surface area contributed by atoms with Crippen molar-refractivity contribution < 1.29 is 9.13 Å². The normalized spacial score (nSPS) is 12.9. The summed E-state index contributed by atoms with van der Waals surface area (Å²) in [4.78, 5) is 1.08. The van der Waals surface area contributed by atoms with Gasteiger partial charge in [0.25, 0.3) is 0 Å². The molecule has 0 aliphatic heterocycles. The molecule has 0 radical (unpaired) electrons. The van der Waals surface area contributed by atoms with Crippen LogP contribution in [0.15, 0.2) is 60.0 Å². The number of benzene rings is 2. The van der Waals surface area contributed by atoms with Crippen LogP contribution in [0.1, 0.15) is 37.1 Å². The molecule has 0 aliphatic carbocycles. The van der Waals surface area contributed by atoms with Crippen molar-refractivity contribution in [1.29, 1.82) is 0 Å². The number of aryl methyl sites for hydroxylation is 1. The lowest BCUT2D eigenvalue weighted by molar-refractivity contribution is 0.340. The Morgan fingerprint density at radius 2 is 1.82 bits per heavy atom. The quantitative estimate of drug-likeness (QED) is 0.380. The van der Waals surface area contributed by atoms with Crippen LogP contribution in [0.2, 0.25) is 0 Å². The Balaban J connectivity index is 1.71. The number of terminal acetylenes is 1. The second-order valence-corrected chi connectivity index (χ2v) is 8.00. The molecule has 3 heteroatoms. The van der Waals surface area contributed by atoms with Crippen molar-refractivity contribution in [1.82, 2.24) is 0 Å². The standard InChI is InChI=1S/C25H25FOS/c1-4-25(3,20-13-15-21(16-14-20)27-5-2)17-9-12-23-24(22(26)18-28-23)19-10-7-6-8-11-19/h1,6-8,10-11,13-16,18H,5,9,12,17H2,2-3H3. The molecule has 0 saturated heterocycles. The molecular weight excluding hydrogens is 367 g/mol. The molecule has 28 heavy (non-hydrogen) atoms. The van der Waals surface area contributed by atoms with Crippen LogP contribution in [0.3, 0.4) is 0 Å². The minimum absolute atomic E-state index is 0.141. The van der Waals surface area contributed by atoms with Gasteiger partial charge >= 0.3 is 0 Å². The highest BCUT2D eigenvalue weighted by Gasteiger charge is 2.24. The van der Waals surface area contributed by atoms with Crippen molar-refractivity contribution in [2.24, 2.45) is 0 Å². The SMILES string of the molecule is C#CC(C)(CCCc1scc(F)c1-c1ccccc1)c1ccc(OCC)cc1. The van der Waals surface area contributed by atoms with E-state index < -0.39 is 0 Å². The number of ether oxygens (including phenoxy) is 1. The van der Waals surface area contributed by atoms with Gasteiger partial charge in [0.1, 0.15) is 11.6 Å². The van der Waals surface area contributed by atoms with Gasteiger partial charge in [0.15, 0.2) is 0 Å². The van der Waals surface area contributed by atoms with E-state index in [-0.39, 0.29) is 11.2 Å². The van der Waals surface area contributed by atoms with Crippen molar-refractivity contribution in [3.05, 3.63) is 76.2 Å². The predicted molar refractivity (Wildman–Crippen MR) is 116 cm³/mol. The Hall–Kier alpha value is -2.57. The van der Waals surface area contributed by atoms with Crippen molar-refractivity contribution in [2.45, 2.75) is 38.5 Å². The van der Waals surface area contributed by atoms with Gasteiger partial charge in [-0.3, -0.25) is 0 Å². The van der Waals surface area contributed by atoms with Gasteiger partial charge in [-0.05, 0) is 56.4 Å². The van der Waals surface area contributed by atoms with Crippen LogP contribution >= 0.6 is 11.3 Å². The highest BCUT2D eigenvalue weighted by Crippen LogP contribution is 2.35. The molecule has 1 unspecified atom stereocenters. The summed E-state index contributed by atoms with van der Waals surface area (Å²) in [6, 6.07) is 17.8. The van der Waals surface area contributed by atoms with Gasteiger partial charge in [-0.1, -0.05) is 48.4 Å². The summed E-state index contributed by atoms with van der Waals surface area (Å²) in [5, 5.41) is 1.60. The van der Waals surface area contributed by atoms with Gasteiger partial charge in [-0.2, -0.15) is 0 Å². The highest BCUT2D eigenvalue weighted by molar-refractivity contribution is 7.10. The number of hydrogen-bond acceptors (Lipinski definition) is 2. The fourth-order valence-corrected chi connectivity index (χ4v) is 4.41. The Labute approximate surface area is 171 Å². The molecule has 0 aliphatic rings. The van der Waals surface area contributed by atoms with Crippen LogP contribution < -0.4 is 4.74 Å². The first-order chi connectivity index (χ1) is 13.6. The Morgan fingerprint density at radius 1 is 1.11 bits per heavy atom. The van der Waals surface area contributed by atoms with Gasteiger partial charge in [-0.25, -0.2) is 4.39 Å². The van der Waals surface area contributed by atoms with E-state index in [2.05, 4.69) is 12.8 Å². The monoisotopic (exact) mass is 392 g/mol. The molecule has 1 nitrogen and oxygen atoms in total. The molecule has 2 aromatic carbocycles. The van der Waals surface area contributed by atoms with E-state index >= 15 is 0 Å². The highest BCUT2D eigenvalue weighted by atomic mass is 32.1. The van der Waals surface area contributed by atoms with Crippen LogP contribution in [0.5, 0.6) is 5.75 Å². The van der Waals surface area contributed by atoms with Gasteiger partial charge in [0.2, 0.25) is 0 Å². The summed E-state index contributed by atoms with van der Waals surface area (Å²) < 4.78 is 19.9. The predicted octanol–water partition coefficient (Wildman–Crippen LogP) is 6.87. The third kappa shape index (κ3) is 4.46. The summed E-state index contributed by atoms with van der Waals surface area (Å²) in [5.74, 6) is 3.69. The first-order valence-corrected chi connectivity index (χ1v) is 10.5. The molecule has 144 valence electrons. The Morgan fingerprint density at radius 3 is 2.46 bits per heavy atom. The number of halogens is 1. The van der Waals surface area contributed by atoms with E-state index in [0.717, 1.165) is 46.6 Å². The molecule has 1 heterocycles. The Kier molecular flexibility index (Phi) is 6.54. The zero-order valence-corrected chi connectivity index (χ0v) is 17.2. The summed E-state index contributed by atoms with van der Waals surface area (Å²) in [6.07, 6.45) is 8.45. The number of hydrogen-bond donors (Lipinski definition) is 0. The topological polar surface area (TPSA) is 9.23 Å². The van der Waals surface area contributed by atoms with Crippen LogP contribution in [-0.2, 0) is 11.8 Å². The van der Waals surface area contributed by atoms with E-state index in [4.69, 9.17) is 11.2 Å². The molecule has 0 spiro atoms. The minimum atomic E-state index is -0.354. The number of thiophene rings is 1. The molecule has 1 aromatic heterocycles. The summed E-state index contributed by atoms with van der Waals surface area (Å²) in [5.41, 5.74) is 2.42. The zero-order valence-electron chi connectivity index (χ0n) is 16.4. The van der Waals surface area contributed by atoms with Gasteiger partial charge < -0.3 is 4.74 Å². The molecular formula is C25H25FOS. The van der Waals surface area contributed by atoms with E-state index in [1.54, 1.807) is 5.38 Å². The molecule has 3 aromatic rings. The van der Waals surface area contributed by atoms with Gasteiger partial charge in [0.05, 0.1) is 12.0 Å². The molecule has 0 fully saturated rings. The van der Waals surface area contributed by atoms with E-state index in [9.17, 15) is 4.39 Å². The van der Waals surface area contributed by atoms with Crippen molar-refractivity contribution >= 4 is 11.3 Å².